The van der Waals surface area contributed by atoms with Crippen LogP contribution in [0.1, 0.15) is 23.7 Å². The molecule has 1 aromatic carbocycles. The Morgan fingerprint density at radius 3 is 2.70 bits per heavy atom. The van der Waals surface area contributed by atoms with Crippen molar-refractivity contribution in [2.75, 3.05) is 18.4 Å². The van der Waals surface area contributed by atoms with Crippen LogP contribution < -0.4 is 16.4 Å². The maximum absolute atomic E-state index is 11.8. The summed E-state index contributed by atoms with van der Waals surface area (Å²) in [6, 6.07) is 6.92. The Kier molecular flexibility index (Phi) is 5.98. The van der Waals surface area contributed by atoms with Gasteiger partial charge >= 0.3 is 0 Å². The summed E-state index contributed by atoms with van der Waals surface area (Å²) in [6.45, 7) is 2.90. The molecule has 1 aromatic rings. The summed E-state index contributed by atoms with van der Waals surface area (Å²) in [5.41, 5.74) is 6.51. The fraction of sp³-hybridized carbons (Fsp3) is 0.429. The molecule has 110 valence electrons. The van der Waals surface area contributed by atoms with E-state index in [0.717, 1.165) is 6.42 Å². The second kappa shape index (κ2) is 7.26. The fourth-order valence-corrected chi connectivity index (χ4v) is 1.95. The van der Waals surface area contributed by atoms with Crippen LogP contribution in [-0.4, -0.2) is 24.9 Å². The van der Waals surface area contributed by atoms with Gasteiger partial charge in [-0.15, -0.1) is 12.4 Å². The Bertz CT molecular complexity index is 493. The van der Waals surface area contributed by atoms with Gasteiger partial charge in [0, 0.05) is 30.3 Å². The lowest BCUT2D eigenvalue weighted by molar-refractivity contribution is -0.117. The molecule has 0 bridgehead atoms. The summed E-state index contributed by atoms with van der Waals surface area (Å²) < 4.78 is 0. The van der Waals surface area contributed by atoms with Gasteiger partial charge in [0.25, 0.3) is 5.91 Å². The highest BCUT2D eigenvalue weighted by Gasteiger charge is 2.39. The van der Waals surface area contributed by atoms with Gasteiger partial charge in [0.2, 0.25) is 5.91 Å². The third-order valence-corrected chi connectivity index (χ3v) is 3.27. The number of rotatable bonds is 5. The van der Waals surface area contributed by atoms with Crippen LogP contribution in [0.4, 0.5) is 5.69 Å². The summed E-state index contributed by atoms with van der Waals surface area (Å²) in [5.74, 6) is 0.444. The van der Waals surface area contributed by atoms with Crippen molar-refractivity contribution in [2.24, 2.45) is 17.6 Å². The highest BCUT2D eigenvalue weighted by molar-refractivity contribution is 5.98. The average Bonchev–Trinajstić information content (AvgIpc) is 3.13. The lowest BCUT2D eigenvalue weighted by Crippen LogP contribution is -2.29. The molecular weight excluding hydrogens is 278 g/mol. The third kappa shape index (κ3) is 4.21. The van der Waals surface area contributed by atoms with E-state index < -0.39 is 0 Å². The van der Waals surface area contributed by atoms with E-state index >= 15 is 0 Å². The van der Waals surface area contributed by atoms with Gasteiger partial charge in [-0.25, -0.2) is 0 Å². The number of amides is 2. The van der Waals surface area contributed by atoms with E-state index in [1.165, 1.54) is 0 Å². The number of carbonyl (C=O) groups is 2. The molecule has 2 rings (SSSR count). The molecule has 2 atom stereocenters. The van der Waals surface area contributed by atoms with E-state index in [9.17, 15) is 9.59 Å². The molecule has 1 fully saturated rings. The quantitative estimate of drug-likeness (QED) is 0.768. The highest BCUT2D eigenvalue weighted by Crippen LogP contribution is 2.38. The van der Waals surface area contributed by atoms with Crippen molar-refractivity contribution >= 4 is 29.9 Å². The van der Waals surface area contributed by atoms with Gasteiger partial charge < -0.3 is 16.4 Å². The monoisotopic (exact) mass is 297 g/mol. The second-order valence-electron chi connectivity index (χ2n) is 4.93. The van der Waals surface area contributed by atoms with E-state index in [4.69, 9.17) is 5.73 Å². The molecule has 6 heteroatoms. The van der Waals surface area contributed by atoms with E-state index in [0.29, 0.717) is 30.3 Å². The summed E-state index contributed by atoms with van der Waals surface area (Å²) in [5, 5.41) is 5.54. The van der Waals surface area contributed by atoms with Crippen LogP contribution in [0.15, 0.2) is 24.3 Å². The number of nitrogens with two attached hydrogens (primary N) is 1. The zero-order chi connectivity index (χ0) is 13.8. The van der Waals surface area contributed by atoms with Crippen LogP contribution >= 0.6 is 12.4 Å². The molecule has 20 heavy (non-hydrogen) atoms. The number of benzene rings is 1. The molecule has 0 aromatic heterocycles. The van der Waals surface area contributed by atoms with Crippen molar-refractivity contribution in [1.82, 2.24) is 5.32 Å². The summed E-state index contributed by atoms with van der Waals surface area (Å²) >= 11 is 0. The molecule has 4 N–H and O–H groups in total. The van der Waals surface area contributed by atoms with Crippen molar-refractivity contribution < 1.29 is 9.59 Å². The molecule has 0 saturated heterocycles. The van der Waals surface area contributed by atoms with Gasteiger partial charge in [0.1, 0.15) is 0 Å². The summed E-state index contributed by atoms with van der Waals surface area (Å²) in [7, 11) is 0. The van der Waals surface area contributed by atoms with Gasteiger partial charge in [-0.2, -0.15) is 0 Å². The number of hydrogen-bond donors (Lipinski definition) is 3. The SMILES string of the molecule is CC1CC1C(=O)Nc1cccc(C(=O)NCCN)c1.Cl. The first-order chi connectivity index (χ1) is 9.11. The maximum Gasteiger partial charge on any atom is 0.251 e. The molecule has 5 nitrogen and oxygen atoms in total. The van der Waals surface area contributed by atoms with Crippen LogP contribution in [0.2, 0.25) is 0 Å². The Morgan fingerprint density at radius 1 is 1.40 bits per heavy atom. The predicted octanol–water partition coefficient (Wildman–Crippen LogP) is 1.39. The average molecular weight is 298 g/mol. The molecule has 2 amide bonds. The highest BCUT2D eigenvalue weighted by atomic mass is 35.5. The first-order valence-electron chi connectivity index (χ1n) is 6.51. The third-order valence-electron chi connectivity index (χ3n) is 3.27. The molecule has 0 radical (unpaired) electrons. The number of halogens is 1. The Labute approximate surface area is 124 Å². The standard InChI is InChI=1S/C14H19N3O2.ClH/c1-9-7-12(9)14(19)17-11-4-2-3-10(8-11)13(18)16-6-5-15;/h2-4,8-9,12H,5-7,15H2,1H3,(H,16,18)(H,17,19);1H. The normalized spacial score (nSPS) is 19.7. The van der Waals surface area contributed by atoms with Crippen LogP contribution in [0.25, 0.3) is 0 Å². The van der Waals surface area contributed by atoms with Gasteiger partial charge in [-0.05, 0) is 30.5 Å². The lowest BCUT2D eigenvalue weighted by Gasteiger charge is -2.07. The molecule has 1 saturated carbocycles. The first-order valence-corrected chi connectivity index (χ1v) is 6.51. The van der Waals surface area contributed by atoms with E-state index in [1.807, 2.05) is 0 Å². The van der Waals surface area contributed by atoms with Crippen LogP contribution in [-0.2, 0) is 4.79 Å². The van der Waals surface area contributed by atoms with Crippen molar-refractivity contribution in [1.29, 1.82) is 0 Å². The summed E-state index contributed by atoms with van der Waals surface area (Å²) in [4.78, 5) is 23.6. The van der Waals surface area contributed by atoms with E-state index in [2.05, 4.69) is 17.6 Å². The topological polar surface area (TPSA) is 84.2 Å². The van der Waals surface area contributed by atoms with Gasteiger partial charge in [0.15, 0.2) is 0 Å². The van der Waals surface area contributed by atoms with Gasteiger partial charge in [-0.3, -0.25) is 9.59 Å². The van der Waals surface area contributed by atoms with E-state index in [1.54, 1.807) is 24.3 Å². The van der Waals surface area contributed by atoms with E-state index in [-0.39, 0.29) is 30.1 Å². The van der Waals surface area contributed by atoms with Gasteiger partial charge in [0.05, 0.1) is 0 Å². The Hall–Kier alpha value is -1.59. The first kappa shape index (κ1) is 16.5. The Balaban J connectivity index is 0.00000200. The van der Waals surface area contributed by atoms with Crippen molar-refractivity contribution in [3.8, 4) is 0 Å². The molecule has 0 aliphatic heterocycles. The minimum absolute atomic E-state index is 0. The fourth-order valence-electron chi connectivity index (χ4n) is 1.95. The van der Waals surface area contributed by atoms with Gasteiger partial charge in [-0.1, -0.05) is 13.0 Å². The number of carbonyl (C=O) groups excluding carboxylic acids is 2. The minimum Gasteiger partial charge on any atom is -0.351 e. The van der Waals surface area contributed by atoms with Crippen molar-refractivity contribution in [3.63, 3.8) is 0 Å². The summed E-state index contributed by atoms with van der Waals surface area (Å²) in [6.07, 6.45) is 0.947. The Morgan fingerprint density at radius 2 is 2.10 bits per heavy atom. The number of nitrogens with one attached hydrogen (secondary N) is 2. The minimum atomic E-state index is -0.179. The maximum atomic E-state index is 11.8. The van der Waals surface area contributed by atoms with Crippen LogP contribution in [0, 0.1) is 11.8 Å². The molecular formula is C14H20ClN3O2. The number of anilines is 1. The smallest absolute Gasteiger partial charge is 0.251 e. The molecule has 1 aliphatic carbocycles. The van der Waals surface area contributed by atoms with Crippen LogP contribution in [0.3, 0.4) is 0 Å². The van der Waals surface area contributed by atoms with Crippen molar-refractivity contribution in [3.05, 3.63) is 29.8 Å². The van der Waals surface area contributed by atoms with Crippen LogP contribution in [0.5, 0.6) is 0 Å². The molecule has 0 heterocycles. The largest absolute Gasteiger partial charge is 0.351 e. The van der Waals surface area contributed by atoms with Crippen molar-refractivity contribution in [2.45, 2.75) is 13.3 Å². The zero-order valence-corrected chi connectivity index (χ0v) is 12.2. The second-order valence-corrected chi connectivity index (χ2v) is 4.93. The molecule has 1 aliphatic rings. The predicted molar refractivity (Wildman–Crippen MR) is 81.0 cm³/mol. The number of hydrogen-bond acceptors (Lipinski definition) is 3. The lowest BCUT2D eigenvalue weighted by atomic mass is 10.2. The zero-order valence-electron chi connectivity index (χ0n) is 11.4. The molecule has 2 unspecified atom stereocenters. The molecule has 0 spiro atoms.